The van der Waals surface area contributed by atoms with E-state index in [4.69, 9.17) is 0 Å². The average molecular weight is 286 g/mol. The Bertz CT molecular complexity index is 546. The van der Waals surface area contributed by atoms with Crippen LogP contribution < -0.4 is 10.2 Å². The molecule has 19 heavy (non-hydrogen) atoms. The molecule has 0 atom stereocenters. The van der Waals surface area contributed by atoms with Crippen LogP contribution in [-0.4, -0.2) is 46.6 Å². The molecule has 0 amide bonds. The first-order valence-electron chi connectivity index (χ1n) is 6.37. The van der Waals surface area contributed by atoms with Crippen LogP contribution >= 0.6 is 0 Å². The minimum Gasteiger partial charge on any atom is -0.370 e. The molecule has 6 heteroatoms. The summed E-state index contributed by atoms with van der Waals surface area (Å²) in [6.07, 6.45) is 2.17. The lowest BCUT2D eigenvalue weighted by Gasteiger charge is -2.19. The highest BCUT2D eigenvalue weighted by atomic mass is 32.2. The number of anilines is 1. The van der Waals surface area contributed by atoms with Gasteiger partial charge in [0.1, 0.15) is 15.7 Å². The number of nitrogens with zero attached hydrogens (tertiary/aromatic N) is 1. The normalized spacial score (nSPS) is 14.7. The van der Waals surface area contributed by atoms with Crippen LogP contribution in [0.1, 0.15) is 5.56 Å². The Kier molecular flexibility index (Phi) is 4.42. The zero-order valence-corrected chi connectivity index (χ0v) is 11.8. The van der Waals surface area contributed by atoms with Crippen LogP contribution in [0.5, 0.6) is 0 Å². The van der Waals surface area contributed by atoms with Crippen molar-refractivity contribution in [3.05, 3.63) is 29.6 Å². The van der Waals surface area contributed by atoms with E-state index in [1.165, 1.54) is 17.9 Å². The molecule has 2 rings (SSSR count). The van der Waals surface area contributed by atoms with E-state index in [9.17, 15) is 12.8 Å². The van der Waals surface area contributed by atoms with Gasteiger partial charge in [0.25, 0.3) is 0 Å². The number of rotatable bonds is 6. The summed E-state index contributed by atoms with van der Waals surface area (Å²) in [4.78, 5) is 2.13. The van der Waals surface area contributed by atoms with E-state index < -0.39 is 9.84 Å². The molecule has 4 nitrogen and oxygen atoms in total. The molecule has 0 fully saturated rings. The van der Waals surface area contributed by atoms with Crippen molar-refractivity contribution in [2.45, 2.75) is 6.42 Å². The molecule has 0 spiro atoms. The van der Waals surface area contributed by atoms with Gasteiger partial charge in [0.05, 0.1) is 5.75 Å². The quantitative estimate of drug-likeness (QED) is 0.787. The summed E-state index contributed by atoms with van der Waals surface area (Å²) in [5.74, 6) is -0.0613. The van der Waals surface area contributed by atoms with Crippen LogP contribution in [0.15, 0.2) is 18.2 Å². The molecule has 1 aliphatic rings. The zero-order chi connectivity index (χ0) is 13.9. The van der Waals surface area contributed by atoms with Crippen molar-refractivity contribution in [2.75, 3.05) is 43.1 Å². The van der Waals surface area contributed by atoms with E-state index >= 15 is 0 Å². The van der Waals surface area contributed by atoms with Crippen molar-refractivity contribution in [3.63, 3.8) is 0 Å². The van der Waals surface area contributed by atoms with Gasteiger partial charge in [-0.15, -0.1) is 0 Å². The van der Waals surface area contributed by atoms with E-state index in [1.54, 1.807) is 6.07 Å². The number of benzene rings is 1. The Labute approximate surface area is 113 Å². The number of nitrogens with one attached hydrogen (secondary N) is 1. The van der Waals surface area contributed by atoms with Crippen molar-refractivity contribution in [3.8, 4) is 0 Å². The average Bonchev–Trinajstić information content (AvgIpc) is 2.70. The first-order chi connectivity index (χ1) is 8.96. The molecular formula is C13H19FN2O2S. The molecule has 0 radical (unpaired) electrons. The smallest absolute Gasteiger partial charge is 0.148 e. The maximum atomic E-state index is 13.2. The predicted octanol–water partition coefficient (Wildman–Crippen LogP) is 0.822. The lowest BCUT2D eigenvalue weighted by molar-refractivity contribution is 0.596. The second-order valence-corrected chi connectivity index (χ2v) is 7.15. The third kappa shape index (κ3) is 4.18. The largest absolute Gasteiger partial charge is 0.370 e. The van der Waals surface area contributed by atoms with Crippen LogP contribution in [0.3, 0.4) is 0 Å². The highest BCUT2D eigenvalue weighted by molar-refractivity contribution is 7.90. The molecule has 0 aromatic heterocycles. The zero-order valence-electron chi connectivity index (χ0n) is 11.0. The fourth-order valence-electron chi connectivity index (χ4n) is 2.25. The van der Waals surface area contributed by atoms with Crippen molar-refractivity contribution in [1.82, 2.24) is 5.32 Å². The van der Waals surface area contributed by atoms with Crippen LogP contribution in [0.25, 0.3) is 0 Å². The maximum absolute atomic E-state index is 13.2. The van der Waals surface area contributed by atoms with Crippen LogP contribution in [-0.2, 0) is 16.3 Å². The standard InChI is InChI=1S/C13H19FN2O2S/c1-19(17,18)9-6-15-5-8-16-7-4-11-2-3-12(14)10-13(11)16/h2-3,10,15H,4-9H2,1H3. The topological polar surface area (TPSA) is 49.4 Å². The molecule has 0 aliphatic carbocycles. The Balaban J connectivity index is 1.78. The molecule has 0 saturated carbocycles. The van der Waals surface area contributed by atoms with Crippen LogP contribution in [0.2, 0.25) is 0 Å². The summed E-state index contributed by atoms with van der Waals surface area (Å²) >= 11 is 0. The van der Waals surface area contributed by atoms with Crippen LogP contribution in [0.4, 0.5) is 10.1 Å². The van der Waals surface area contributed by atoms with E-state index in [0.29, 0.717) is 13.1 Å². The fourth-order valence-corrected chi connectivity index (χ4v) is 2.76. The molecule has 0 saturated heterocycles. The van der Waals surface area contributed by atoms with Gasteiger partial charge in [-0.05, 0) is 24.1 Å². The monoisotopic (exact) mass is 286 g/mol. The Morgan fingerprint density at radius 1 is 1.37 bits per heavy atom. The Hall–Kier alpha value is -1.14. The van der Waals surface area contributed by atoms with Crippen molar-refractivity contribution >= 4 is 15.5 Å². The number of fused-ring (bicyclic) bond motifs is 1. The summed E-state index contributed by atoms with van der Waals surface area (Å²) in [5, 5.41) is 3.10. The first kappa shape index (κ1) is 14.3. The second-order valence-electron chi connectivity index (χ2n) is 4.89. The fraction of sp³-hybridized carbons (Fsp3) is 0.538. The molecule has 0 unspecified atom stereocenters. The lowest BCUT2D eigenvalue weighted by atomic mass is 10.2. The van der Waals surface area contributed by atoms with Gasteiger partial charge in [0.15, 0.2) is 0 Å². The Morgan fingerprint density at radius 2 is 2.16 bits per heavy atom. The number of hydrogen-bond donors (Lipinski definition) is 1. The van der Waals surface area contributed by atoms with Gasteiger partial charge in [-0.2, -0.15) is 0 Å². The van der Waals surface area contributed by atoms with Gasteiger partial charge in [0, 0.05) is 38.1 Å². The minimum absolute atomic E-state index is 0.151. The molecule has 1 aromatic rings. The molecule has 106 valence electrons. The van der Waals surface area contributed by atoms with Gasteiger partial charge in [-0.3, -0.25) is 0 Å². The van der Waals surface area contributed by atoms with E-state index in [0.717, 1.165) is 25.2 Å². The van der Waals surface area contributed by atoms with Crippen molar-refractivity contribution in [1.29, 1.82) is 0 Å². The third-order valence-corrected chi connectivity index (χ3v) is 4.19. The number of hydrogen-bond acceptors (Lipinski definition) is 4. The van der Waals surface area contributed by atoms with Gasteiger partial charge in [0.2, 0.25) is 0 Å². The first-order valence-corrected chi connectivity index (χ1v) is 8.43. The van der Waals surface area contributed by atoms with E-state index in [2.05, 4.69) is 10.2 Å². The number of halogens is 1. The Morgan fingerprint density at radius 3 is 2.89 bits per heavy atom. The minimum atomic E-state index is -2.90. The summed E-state index contributed by atoms with van der Waals surface area (Å²) in [5.41, 5.74) is 2.14. The molecule has 1 heterocycles. The highest BCUT2D eigenvalue weighted by Gasteiger charge is 2.18. The third-order valence-electron chi connectivity index (χ3n) is 3.25. The van der Waals surface area contributed by atoms with Gasteiger partial charge in [-0.1, -0.05) is 6.07 Å². The van der Waals surface area contributed by atoms with Crippen molar-refractivity contribution < 1.29 is 12.8 Å². The highest BCUT2D eigenvalue weighted by Crippen LogP contribution is 2.27. The van der Waals surface area contributed by atoms with E-state index in [1.807, 2.05) is 6.07 Å². The maximum Gasteiger partial charge on any atom is 0.148 e. The molecule has 1 N–H and O–H groups in total. The summed E-state index contributed by atoms with van der Waals surface area (Å²) in [6, 6.07) is 4.90. The molecule has 1 aliphatic heterocycles. The van der Waals surface area contributed by atoms with Gasteiger partial charge >= 0.3 is 0 Å². The van der Waals surface area contributed by atoms with Crippen LogP contribution in [0, 0.1) is 5.82 Å². The summed E-state index contributed by atoms with van der Waals surface area (Å²) in [7, 11) is -2.90. The van der Waals surface area contributed by atoms with E-state index in [-0.39, 0.29) is 11.6 Å². The SMILES string of the molecule is CS(=O)(=O)CCNCCN1CCc2ccc(F)cc21. The summed E-state index contributed by atoms with van der Waals surface area (Å²) < 4.78 is 35.1. The number of sulfone groups is 1. The lowest BCUT2D eigenvalue weighted by Crippen LogP contribution is -2.33. The molecular weight excluding hydrogens is 267 g/mol. The summed E-state index contributed by atoms with van der Waals surface area (Å²) in [6.45, 7) is 2.82. The predicted molar refractivity (Wildman–Crippen MR) is 74.9 cm³/mol. The molecule has 1 aromatic carbocycles. The van der Waals surface area contributed by atoms with Gasteiger partial charge < -0.3 is 10.2 Å². The molecule has 0 bridgehead atoms. The van der Waals surface area contributed by atoms with Gasteiger partial charge in [-0.25, -0.2) is 12.8 Å². The van der Waals surface area contributed by atoms with Crippen molar-refractivity contribution in [2.24, 2.45) is 0 Å². The second kappa shape index (κ2) is 5.88.